The summed E-state index contributed by atoms with van der Waals surface area (Å²) in [5, 5.41) is 0.603. The average Bonchev–Trinajstić information content (AvgIpc) is 3.14. The molecular weight excluding hydrogens is 262 g/mol. The van der Waals surface area contributed by atoms with E-state index < -0.39 is 0 Å². The van der Waals surface area contributed by atoms with E-state index in [0.29, 0.717) is 23.1 Å². The monoisotopic (exact) mass is 283 g/mol. The van der Waals surface area contributed by atoms with Gasteiger partial charge >= 0.3 is 0 Å². The van der Waals surface area contributed by atoms with Gasteiger partial charge in [-0.15, -0.1) is 0 Å². The van der Waals surface area contributed by atoms with Crippen molar-refractivity contribution in [2.24, 2.45) is 11.7 Å². The summed E-state index contributed by atoms with van der Waals surface area (Å²) in [6.07, 6.45) is 4.54. The molecule has 0 radical (unpaired) electrons. The quantitative estimate of drug-likeness (QED) is 0.834. The van der Waals surface area contributed by atoms with Crippen LogP contribution in [0.25, 0.3) is 0 Å². The minimum atomic E-state index is 0.0995. The Balaban J connectivity index is 2.06. The molecule has 0 bridgehead atoms. The predicted octanol–water partition coefficient (Wildman–Crippen LogP) is 3.42. The van der Waals surface area contributed by atoms with E-state index >= 15 is 0 Å². The van der Waals surface area contributed by atoms with Gasteiger partial charge in [0.25, 0.3) is 0 Å². The second kappa shape index (κ2) is 6.49. The minimum absolute atomic E-state index is 0.0995. The smallest absolute Gasteiger partial charge is 0.179 e. The molecule has 2 N–H and O–H groups in total. The predicted molar refractivity (Wildman–Crippen MR) is 78.2 cm³/mol. The molecule has 1 aliphatic carbocycles. The Labute approximate surface area is 120 Å². The van der Waals surface area contributed by atoms with Gasteiger partial charge in [-0.3, -0.25) is 0 Å². The molecule has 1 aliphatic rings. The van der Waals surface area contributed by atoms with Crippen molar-refractivity contribution < 1.29 is 9.47 Å². The van der Waals surface area contributed by atoms with E-state index in [4.69, 9.17) is 26.8 Å². The first-order valence-corrected chi connectivity index (χ1v) is 7.22. The maximum Gasteiger partial charge on any atom is 0.179 e. The molecule has 0 aliphatic heterocycles. The maximum absolute atomic E-state index is 6.28. The third-order valence-electron chi connectivity index (χ3n) is 3.32. The number of nitrogens with two attached hydrogens (primary N) is 1. The summed E-state index contributed by atoms with van der Waals surface area (Å²) in [5.74, 6) is 2.19. The van der Waals surface area contributed by atoms with E-state index in [-0.39, 0.29) is 6.04 Å². The molecule has 0 amide bonds. The molecule has 1 saturated carbocycles. The average molecular weight is 284 g/mol. The van der Waals surface area contributed by atoms with Crippen molar-refractivity contribution in [3.8, 4) is 11.5 Å². The lowest BCUT2D eigenvalue weighted by molar-refractivity contribution is 0.283. The molecule has 4 heteroatoms. The van der Waals surface area contributed by atoms with E-state index in [0.717, 1.165) is 24.3 Å². The fourth-order valence-corrected chi connectivity index (χ4v) is 2.42. The molecule has 0 saturated heterocycles. The van der Waals surface area contributed by atoms with Gasteiger partial charge in [0.1, 0.15) is 0 Å². The Hall–Kier alpha value is -0.930. The van der Waals surface area contributed by atoms with Crippen LogP contribution in [0.5, 0.6) is 11.5 Å². The van der Waals surface area contributed by atoms with E-state index in [9.17, 15) is 0 Å². The fraction of sp³-hybridized carbons (Fsp3) is 0.600. The van der Waals surface area contributed by atoms with Gasteiger partial charge in [-0.25, -0.2) is 0 Å². The van der Waals surface area contributed by atoms with Crippen molar-refractivity contribution in [3.63, 3.8) is 0 Å². The highest BCUT2D eigenvalue weighted by Crippen LogP contribution is 2.38. The van der Waals surface area contributed by atoms with Gasteiger partial charge in [-0.2, -0.15) is 0 Å². The van der Waals surface area contributed by atoms with Crippen molar-refractivity contribution in [1.29, 1.82) is 0 Å². The SMILES string of the molecule is COc1cc(CC(C)N)cc(Cl)c1OCCC1CC1. The fourth-order valence-electron chi connectivity index (χ4n) is 2.14. The molecule has 3 nitrogen and oxygen atoms in total. The largest absolute Gasteiger partial charge is 0.493 e. The van der Waals surface area contributed by atoms with Crippen molar-refractivity contribution in [2.45, 2.75) is 38.6 Å². The van der Waals surface area contributed by atoms with Crippen LogP contribution >= 0.6 is 11.6 Å². The van der Waals surface area contributed by atoms with Crippen molar-refractivity contribution >= 4 is 11.6 Å². The molecule has 1 aromatic carbocycles. The summed E-state index contributed by atoms with van der Waals surface area (Å²) < 4.78 is 11.2. The van der Waals surface area contributed by atoms with Gasteiger partial charge in [-0.1, -0.05) is 24.4 Å². The van der Waals surface area contributed by atoms with Crippen molar-refractivity contribution in [3.05, 3.63) is 22.7 Å². The highest BCUT2D eigenvalue weighted by molar-refractivity contribution is 6.32. The standard InChI is InChI=1S/C15H22ClNO2/c1-10(17)7-12-8-13(16)15(14(9-12)18-2)19-6-5-11-3-4-11/h8-11H,3-7,17H2,1-2H3. The summed E-state index contributed by atoms with van der Waals surface area (Å²) in [4.78, 5) is 0. The van der Waals surface area contributed by atoms with Crippen LogP contribution in [0, 0.1) is 5.92 Å². The summed E-state index contributed by atoms with van der Waals surface area (Å²) in [5.41, 5.74) is 6.88. The van der Waals surface area contributed by atoms with Crippen LogP contribution in [-0.4, -0.2) is 19.8 Å². The second-order valence-corrected chi connectivity index (χ2v) is 5.78. The summed E-state index contributed by atoms with van der Waals surface area (Å²) in [6, 6.07) is 3.98. The first-order chi connectivity index (χ1) is 9.10. The molecule has 19 heavy (non-hydrogen) atoms. The number of hydrogen-bond acceptors (Lipinski definition) is 3. The van der Waals surface area contributed by atoms with Crippen LogP contribution in [0.1, 0.15) is 31.7 Å². The van der Waals surface area contributed by atoms with E-state index in [1.165, 1.54) is 12.8 Å². The van der Waals surface area contributed by atoms with Gasteiger partial charge in [0.15, 0.2) is 11.5 Å². The Morgan fingerprint density at radius 1 is 1.42 bits per heavy atom. The summed E-state index contributed by atoms with van der Waals surface area (Å²) >= 11 is 6.28. The second-order valence-electron chi connectivity index (χ2n) is 5.37. The number of hydrogen-bond donors (Lipinski definition) is 1. The van der Waals surface area contributed by atoms with Crippen LogP contribution in [0.3, 0.4) is 0 Å². The van der Waals surface area contributed by atoms with Crippen molar-refractivity contribution in [2.75, 3.05) is 13.7 Å². The first-order valence-electron chi connectivity index (χ1n) is 6.85. The zero-order valence-electron chi connectivity index (χ0n) is 11.6. The highest BCUT2D eigenvalue weighted by atomic mass is 35.5. The van der Waals surface area contributed by atoms with Crippen LogP contribution in [0.4, 0.5) is 0 Å². The lowest BCUT2D eigenvalue weighted by Crippen LogP contribution is -2.17. The Bertz CT molecular complexity index is 430. The van der Waals surface area contributed by atoms with Crippen LogP contribution in [-0.2, 0) is 6.42 Å². The van der Waals surface area contributed by atoms with E-state index in [1.54, 1.807) is 7.11 Å². The third-order valence-corrected chi connectivity index (χ3v) is 3.60. The van der Waals surface area contributed by atoms with Crippen LogP contribution < -0.4 is 15.2 Å². The molecule has 1 atom stereocenters. The Kier molecular flexibility index (Phi) is 4.94. The molecule has 0 aromatic heterocycles. The molecule has 1 aromatic rings. The normalized spacial score (nSPS) is 16.2. The molecule has 2 rings (SSSR count). The highest BCUT2D eigenvalue weighted by Gasteiger charge is 2.21. The van der Waals surface area contributed by atoms with Gasteiger partial charge in [0, 0.05) is 6.04 Å². The molecule has 1 unspecified atom stereocenters. The maximum atomic E-state index is 6.28. The molecule has 0 heterocycles. The van der Waals surface area contributed by atoms with Crippen LogP contribution in [0.2, 0.25) is 5.02 Å². The summed E-state index contributed by atoms with van der Waals surface area (Å²) in [7, 11) is 1.63. The summed E-state index contributed by atoms with van der Waals surface area (Å²) in [6.45, 7) is 2.67. The van der Waals surface area contributed by atoms with Crippen LogP contribution in [0.15, 0.2) is 12.1 Å². The van der Waals surface area contributed by atoms with Gasteiger partial charge < -0.3 is 15.2 Å². The number of rotatable bonds is 7. The van der Waals surface area contributed by atoms with Crippen molar-refractivity contribution in [1.82, 2.24) is 0 Å². The topological polar surface area (TPSA) is 44.5 Å². The van der Waals surface area contributed by atoms with Gasteiger partial charge in [0.05, 0.1) is 18.7 Å². The molecule has 106 valence electrons. The Morgan fingerprint density at radius 3 is 2.74 bits per heavy atom. The zero-order chi connectivity index (χ0) is 13.8. The van der Waals surface area contributed by atoms with E-state index in [2.05, 4.69) is 0 Å². The lowest BCUT2D eigenvalue weighted by Gasteiger charge is -2.15. The number of halogens is 1. The minimum Gasteiger partial charge on any atom is -0.493 e. The lowest BCUT2D eigenvalue weighted by atomic mass is 10.1. The molecule has 0 spiro atoms. The number of methoxy groups -OCH3 is 1. The zero-order valence-corrected chi connectivity index (χ0v) is 12.4. The van der Waals surface area contributed by atoms with Gasteiger partial charge in [0.2, 0.25) is 0 Å². The molecular formula is C15H22ClNO2. The number of ether oxygens (including phenoxy) is 2. The third kappa shape index (κ3) is 4.29. The van der Waals surface area contributed by atoms with E-state index in [1.807, 2.05) is 19.1 Å². The first kappa shape index (κ1) is 14.5. The molecule has 1 fully saturated rings. The number of benzene rings is 1. The van der Waals surface area contributed by atoms with Gasteiger partial charge in [-0.05, 0) is 43.4 Å². The Morgan fingerprint density at radius 2 is 2.16 bits per heavy atom.